The number of hydrogen-bond acceptors (Lipinski definition) is 7. The van der Waals surface area contributed by atoms with Crippen molar-refractivity contribution in [2.24, 2.45) is 5.92 Å². The lowest BCUT2D eigenvalue weighted by Crippen LogP contribution is -2.42. The summed E-state index contributed by atoms with van der Waals surface area (Å²) in [5, 5.41) is 0. The van der Waals surface area contributed by atoms with Crippen molar-refractivity contribution in [2.75, 3.05) is 42.4 Å². The summed E-state index contributed by atoms with van der Waals surface area (Å²) in [6, 6.07) is 7.49. The van der Waals surface area contributed by atoms with Crippen molar-refractivity contribution in [3.05, 3.63) is 56.2 Å². The van der Waals surface area contributed by atoms with Crippen LogP contribution in [0.15, 0.2) is 33.9 Å². The molecule has 1 fully saturated rings. The van der Waals surface area contributed by atoms with Crippen molar-refractivity contribution >= 4 is 40.9 Å². The number of hydrogen-bond donors (Lipinski definition) is 2. The highest BCUT2D eigenvalue weighted by Crippen LogP contribution is 2.43. The Bertz CT molecular complexity index is 1040. The molecule has 2 heterocycles. The molecule has 0 atom stereocenters. The normalized spacial score (nSPS) is 14.6. The fourth-order valence-corrected chi connectivity index (χ4v) is 6.40. The van der Waals surface area contributed by atoms with Gasteiger partial charge in [0.25, 0.3) is 11.5 Å². The maximum Gasteiger partial charge on any atom is 0.330 e. The van der Waals surface area contributed by atoms with Crippen molar-refractivity contribution in [1.82, 2.24) is 9.55 Å². The molecule has 2 aromatic rings. The van der Waals surface area contributed by atoms with Gasteiger partial charge < -0.3 is 10.5 Å². The Morgan fingerprint density at radius 2 is 1.91 bits per heavy atom. The van der Waals surface area contributed by atoms with Crippen LogP contribution in [0.3, 0.4) is 0 Å². The minimum absolute atomic E-state index is 0.0245. The van der Waals surface area contributed by atoms with Crippen LogP contribution in [0.2, 0.25) is 0 Å². The molecule has 3 rings (SSSR count). The molecule has 0 radical (unpaired) electrons. The first-order valence-corrected chi connectivity index (χ1v) is 12.7. The van der Waals surface area contributed by atoms with Gasteiger partial charge in [-0.25, -0.2) is 4.79 Å². The number of H-pyrrole nitrogens is 1. The lowest BCUT2D eigenvalue weighted by atomic mass is 10.1. The van der Waals surface area contributed by atoms with E-state index >= 15 is 0 Å². The van der Waals surface area contributed by atoms with Gasteiger partial charge in [-0.05, 0) is 41.5 Å². The van der Waals surface area contributed by atoms with E-state index in [0.717, 1.165) is 11.5 Å². The molecule has 0 spiro atoms. The number of aromatic amines is 1. The molecule has 1 aliphatic heterocycles. The van der Waals surface area contributed by atoms with Gasteiger partial charge in [-0.1, -0.05) is 26.0 Å². The molecule has 8 nitrogen and oxygen atoms in total. The summed E-state index contributed by atoms with van der Waals surface area (Å²) in [6.45, 7) is 4.54. The van der Waals surface area contributed by atoms with Crippen LogP contribution in [0.25, 0.3) is 0 Å². The molecule has 1 amide bonds. The van der Waals surface area contributed by atoms with Gasteiger partial charge in [0, 0.05) is 25.8 Å². The topological polar surface area (TPSA) is 110 Å². The second kappa shape index (κ2) is 11.1. The summed E-state index contributed by atoms with van der Waals surface area (Å²) < 4.78 is 6.83. The number of nitrogen functional groups attached to an aromatic ring is 1. The standard InChI is InChI=1S/C22H30N4O4S2/c1-14(2)13-26-18(23)17(19(27)24-22(26)29)25(9-10-30-3)20(28)15-5-7-16(8-6-15)21-31-11-4-12-32-21/h5-8,14,21H,4,9-13,23H2,1-3H3,(H,24,27,29). The second-order valence-corrected chi connectivity index (χ2v) is 10.7. The van der Waals surface area contributed by atoms with Crippen molar-refractivity contribution in [3.8, 4) is 0 Å². The van der Waals surface area contributed by atoms with Gasteiger partial charge in [0.1, 0.15) is 5.82 Å². The Morgan fingerprint density at radius 3 is 2.50 bits per heavy atom. The highest BCUT2D eigenvalue weighted by atomic mass is 32.2. The van der Waals surface area contributed by atoms with Crippen molar-refractivity contribution in [3.63, 3.8) is 0 Å². The average Bonchev–Trinajstić information content (AvgIpc) is 2.79. The number of thioether (sulfide) groups is 2. The summed E-state index contributed by atoms with van der Waals surface area (Å²) in [7, 11) is 1.52. The van der Waals surface area contributed by atoms with Crippen LogP contribution in [0, 0.1) is 5.92 Å². The number of nitrogens with zero attached hydrogens (tertiary/aromatic N) is 2. The number of carbonyl (C=O) groups excluding carboxylic acids is 1. The molecule has 0 bridgehead atoms. The van der Waals surface area contributed by atoms with E-state index in [0.29, 0.717) is 16.7 Å². The maximum atomic E-state index is 13.4. The van der Waals surface area contributed by atoms with Gasteiger partial charge in [-0.3, -0.25) is 24.0 Å². The van der Waals surface area contributed by atoms with Crippen LogP contribution in [0.4, 0.5) is 11.5 Å². The van der Waals surface area contributed by atoms with Crippen LogP contribution in [-0.4, -0.2) is 47.2 Å². The molecular formula is C22H30N4O4S2. The number of aromatic nitrogens is 2. The monoisotopic (exact) mass is 478 g/mol. The van der Waals surface area contributed by atoms with Crippen molar-refractivity contribution in [1.29, 1.82) is 0 Å². The van der Waals surface area contributed by atoms with Crippen LogP contribution >= 0.6 is 23.5 Å². The smallest absolute Gasteiger partial charge is 0.330 e. The first-order valence-electron chi connectivity index (χ1n) is 10.6. The summed E-state index contributed by atoms with van der Waals surface area (Å²) in [5.74, 6) is 2.00. The Labute approximate surface area is 195 Å². The van der Waals surface area contributed by atoms with Gasteiger partial charge in [-0.15, -0.1) is 23.5 Å². The number of nitrogens with two attached hydrogens (primary N) is 1. The molecular weight excluding hydrogens is 448 g/mol. The number of anilines is 2. The molecule has 32 heavy (non-hydrogen) atoms. The molecule has 1 aromatic carbocycles. The first kappa shape index (κ1) is 24.5. The van der Waals surface area contributed by atoms with Crippen LogP contribution in [-0.2, 0) is 11.3 Å². The number of methoxy groups -OCH3 is 1. The highest BCUT2D eigenvalue weighted by molar-refractivity contribution is 8.16. The Morgan fingerprint density at radius 1 is 1.25 bits per heavy atom. The SMILES string of the molecule is COCCN(C(=O)c1ccc(C2SCCCS2)cc1)c1c(N)n(CC(C)C)c(=O)[nH]c1=O. The Hall–Kier alpha value is -2.17. The summed E-state index contributed by atoms with van der Waals surface area (Å²) >= 11 is 3.83. The van der Waals surface area contributed by atoms with Crippen LogP contribution in [0.5, 0.6) is 0 Å². The average molecular weight is 479 g/mol. The van der Waals surface area contributed by atoms with Crippen LogP contribution < -0.4 is 21.9 Å². The van der Waals surface area contributed by atoms with Crippen molar-refractivity contribution in [2.45, 2.75) is 31.4 Å². The number of rotatable bonds is 8. The zero-order valence-corrected chi connectivity index (χ0v) is 20.3. The van der Waals surface area contributed by atoms with Gasteiger partial charge in [0.2, 0.25) is 0 Å². The summed E-state index contributed by atoms with van der Waals surface area (Å²) in [4.78, 5) is 42.0. The molecule has 10 heteroatoms. The minimum Gasteiger partial charge on any atom is -0.383 e. The Balaban J connectivity index is 1.97. The second-order valence-electron chi connectivity index (χ2n) is 8.00. The fourth-order valence-electron chi connectivity index (χ4n) is 3.50. The lowest BCUT2D eigenvalue weighted by molar-refractivity contribution is 0.0975. The predicted octanol–water partition coefficient (Wildman–Crippen LogP) is 2.94. The molecule has 174 valence electrons. The van der Waals surface area contributed by atoms with E-state index in [4.69, 9.17) is 10.5 Å². The third kappa shape index (κ3) is 5.60. The number of ether oxygens (including phenoxy) is 1. The number of amides is 1. The molecule has 1 aromatic heterocycles. The van der Waals surface area contributed by atoms with E-state index in [1.807, 2.05) is 49.5 Å². The molecule has 0 aliphatic carbocycles. The Kier molecular flexibility index (Phi) is 8.50. The summed E-state index contributed by atoms with van der Waals surface area (Å²) in [6.07, 6.45) is 1.21. The minimum atomic E-state index is -0.691. The van der Waals surface area contributed by atoms with E-state index in [2.05, 4.69) is 4.98 Å². The number of benzene rings is 1. The first-order chi connectivity index (χ1) is 15.3. The quantitative estimate of drug-likeness (QED) is 0.600. The molecule has 1 saturated heterocycles. The fraction of sp³-hybridized carbons (Fsp3) is 0.500. The molecule has 3 N–H and O–H groups in total. The van der Waals surface area contributed by atoms with E-state index in [1.165, 1.54) is 28.6 Å². The van der Waals surface area contributed by atoms with E-state index in [-0.39, 0.29) is 36.5 Å². The van der Waals surface area contributed by atoms with Crippen LogP contribution in [0.1, 0.15) is 40.8 Å². The lowest BCUT2D eigenvalue weighted by Gasteiger charge is -2.25. The van der Waals surface area contributed by atoms with Gasteiger partial charge in [0.15, 0.2) is 5.69 Å². The number of nitrogens with one attached hydrogen (secondary N) is 1. The zero-order chi connectivity index (χ0) is 23.3. The van der Waals surface area contributed by atoms with Gasteiger partial charge in [0.05, 0.1) is 11.2 Å². The van der Waals surface area contributed by atoms with Gasteiger partial charge in [-0.2, -0.15) is 0 Å². The zero-order valence-electron chi connectivity index (χ0n) is 18.6. The van der Waals surface area contributed by atoms with E-state index in [9.17, 15) is 14.4 Å². The van der Waals surface area contributed by atoms with Gasteiger partial charge >= 0.3 is 5.69 Å². The predicted molar refractivity (Wildman–Crippen MR) is 133 cm³/mol. The number of carbonyl (C=O) groups is 1. The van der Waals surface area contributed by atoms with Crippen molar-refractivity contribution < 1.29 is 9.53 Å². The summed E-state index contributed by atoms with van der Waals surface area (Å²) in [5.41, 5.74) is 6.55. The maximum absolute atomic E-state index is 13.4. The highest BCUT2D eigenvalue weighted by Gasteiger charge is 2.26. The molecule has 1 aliphatic rings. The largest absolute Gasteiger partial charge is 0.383 e. The third-order valence-corrected chi connectivity index (χ3v) is 8.07. The van der Waals surface area contributed by atoms with E-state index in [1.54, 1.807) is 12.1 Å². The third-order valence-electron chi connectivity index (χ3n) is 5.05. The molecule has 0 unspecified atom stereocenters. The molecule has 0 saturated carbocycles. The van der Waals surface area contributed by atoms with E-state index < -0.39 is 11.2 Å².